The summed E-state index contributed by atoms with van der Waals surface area (Å²) in [5.41, 5.74) is 5.30. The summed E-state index contributed by atoms with van der Waals surface area (Å²) in [5.74, 6) is 0.365. The molecule has 3 nitrogen and oxygen atoms in total. The van der Waals surface area contributed by atoms with E-state index in [0.717, 1.165) is 19.4 Å². The molecule has 15 heavy (non-hydrogen) atoms. The van der Waals surface area contributed by atoms with E-state index in [-0.39, 0.29) is 11.3 Å². The first kappa shape index (κ1) is 12.5. The van der Waals surface area contributed by atoms with Gasteiger partial charge in [-0.2, -0.15) is 0 Å². The summed E-state index contributed by atoms with van der Waals surface area (Å²) in [4.78, 5) is 11.7. The second-order valence-electron chi connectivity index (χ2n) is 5.83. The smallest absolute Gasteiger partial charge is 0.237 e. The Balaban J connectivity index is 2.92. The molecule has 0 spiro atoms. The van der Waals surface area contributed by atoms with Gasteiger partial charge in [-0.1, -0.05) is 27.7 Å². The van der Waals surface area contributed by atoms with Crippen LogP contribution >= 0.6 is 0 Å². The van der Waals surface area contributed by atoms with Crippen LogP contribution in [0.15, 0.2) is 0 Å². The molecule has 0 aromatic carbocycles. The molecule has 0 aromatic rings. The van der Waals surface area contributed by atoms with Crippen molar-refractivity contribution in [2.24, 2.45) is 17.1 Å². The van der Waals surface area contributed by atoms with Gasteiger partial charge in [0.2, 0.25) is 5.91 Å². The van der Waals surface area contributed by atoms with Crippen LogP contribution in [-0.2, 0) is 4.79 Å². The maximum Gasteiger partial charge on any atom is 0.237 e. The van der Waals surface area contributed by atoms with Crippen molar-refractivity contribution < 1.29 is 4.79 Å². The highest BCUT2D eigenvalue weighted by Crippen LogP contribution is 2.43. The Kier molecular flexibility index (Phi) is 3.44. The van der Waals surface area contributed by atoms with Gasteiger partial charge < -0.3 is 11.1 Å². The number of hydrogen-bond acceptors (Lipinski definition) is 2. The molecule has 2 atom stereocenters. The Hall–Kier alpha value is -0.570. The maximum absolute atomic E-state index is 11.7. The average molecular weight is 212 g/mol. The molecule has 0 aromatic heterocycles. The van der Waals surface area contributed by atoms with Gasteiger partial charge in [0, 0.05) is 0 Å². The summed E-state index contributed by atoms with van der Waals surface area (Å²) in [5, 5.41) is 3.31. The van der Waals surface area contributed by atoms with E-state index in [0.29, 0.717) is 5.92 Å². The van der Waals surface area contributed by atoms with Gasteiger partial charge >= 0.3 is 0 Å². The summed E-state index contributed by atoms with van der Waals surface area (Å²) in [7, 11) is 0. The van der Waals surface area contributed by atoms with Crippen molar-refractivity contribution >= 4 is 5.91 Å². The molecule has 1 amide bonds. The molecule has 0 radical (unpaired) electrons. The van der Waals surface area contributed by atoms with Crippen LogP contribution < -0.4 is 11.1 Å². The molecule has 3 N–H and O–H groups in total. The Bertz CT molecular complexity index is 250. The molecule has 0 heterocycles. The van der Waals surface area contributed by atoms with Gasteiger partial charge in [0.05, 0.1) is 5.54 Å². The first-order valence-electron chi connectivity index (χ1n) is 5.86. The van der Waals surface area contributed by atoms with E-state index in [1.807, 2.05) is 6.92 Å². The van der Waals surface area contributed by atoms with Gasteiger partial charge in [0.1, 0.15) is 0 Å². The summed E-state index contributed by atoms with van der Waals surface area (Å²) in [6.45, 7) is 9.47. The van der Waals surface area contributed by atoms with Crippen LogP contribution in [-0.4, -0.2) is 18.0 Å². The Morgan fingerprint density at radius 2 is 2.07 bits per heavy atom. The number of carbonyl (C=O) groups is 1. The lowest BCUT2D eigenvalue weighted by molar-refractivity contribution is -0.128. The van der Waals surface area contributed by atoms with E-state index in [1.54, 1.807) is 0 Å². The van der Waals surface area contributed by atoms with Crippen LogP contribution in [0.25, 0.3) is 0 Å². The van der Waals surface area contributed by atoms with E-state index in [2.05, 4.69) is 26.1 Å². The summed E-state index contributed by atoms with van der Waals surface area (Å²) >= 11 is 0. The van der Waals surface area contributed by atoms with Crippen molar-refractivity contribution in [2.75, 3.05) is 6.54 Å². The monoisotopic (exact) mass is 212 g/mol. The normalized spacial score (nSPS) is 35.1. The minimum Gasteiger partial charge on any atom is -0.368 e. The van der Waals surface area contributed by atoms with E-state index < -0.39 is 5.54 Å². The lowest BCUT2D eigenvalue weighted by Gasteiger charge is -2.46. The summed E-state index contributed by atoms with van der Waals surface area (Å²) in [6.07, 6.45) is 2.90. The SMILES string of the molecule is CCNC1(C(N)=O)CC(C)CC(C)(C)C1. The number of rotatable bonds is 3. The third kappa shape index (κ3) is 2.71. The second kappa shape index (κ2) is 4.12. The van der Waals surface area contributed by atoms with Gasteiger partial charge in [0.25, 0.3) is 0 Å². The second-order valence-corrected chi connectivity index (χ2v) is 5.83. The van der Waals surface area contributed by atoms with Crippen molar-refractivity contribution in [2.45, 2.75) is 52.5 Å². The zero-order chi connectivity index (χ0) is 11.7. The highest BCUT2D eigenvalue weighted by Gasteiger charge is 2.46. The van der Waals surface area contributed by atoms with E-state index in [9.17, 15) is 4.79 Å². The average Bonchev–Trinajstić information content (AvgIpc) is 1.99. The van der Waals surface area contributed by atoms with Gasteiger partial charge in [-0.15, -0.1) is 0 Å². The molecular weight excluding hydrogens is 188 g/mol. The van der Waals surface area contributed by atoms with E-state index in [4.69, 9.17) is 5.73 Å². The number of likely N-dealkylation sites (N-methyl/N-ethyl adjacent to an activating group) is 1. The fraction of sp³-hybridized carbons (Fsp3) is 0.917. The van der Waals surface area contributed by atoms with Crippen LogP contribution in [0.1, 0.15) is 47.0 Å². The fourth-order valence-corrected chi connectivity index (χ4v) is 3.32. The molecule has 1 fully saturated rings. The standard InChI is InChI=1S/C12H24N2O/c1-5-14-12(10(13)15)7-9(2)6-11(3,4)8-12/h9,14H,5-8H2,1-4H3,(H2,13,15). The maximum atomic E-state index is 11.7. The van der Waals surface area contributed by atoms with Crippen LogP contribution in [0.3, 0.4) is 0 Å². The number of carbonyl (C=O) groups excluding carboxylic acids is 1. The van der Waals surface area contributed by atoms with Crippen LogP contribution in [0.5, 0.6) is 0 Å². The molecule has 1 saturated carbocycles. The first-order valence-corrected chi connectivity index (χ1v) is 5.86. The highest BCUT2D eigenvalue weighted by atomic mass is 16.1. The van der Waals surface area contributed by atoms with Crippen molar-refractivity contribution in [1.82, 2.24) is 5.32 Å². The topological polar surface area (TPSA) is 55.1 Å². The predicted octanol–water partition coefficient (Wildman–Crippen LogP) is 1.67. The van der Waals surface area contributed by atoms with Crippen molar-refractivity contribution in [1.29, 1.82) is 0 Å². The predicted molar refractivity (Wildman–Crippen MR) is 62.4 cm³/mol. The van der Waals surface area contributed by atoms with Crippen LogP contribution in [0, 0.1) is 11.3 Å². The van der Waals surface area contributed by atoms with Gasteiger partial charge in [-0.3, -0.25) is 4.79 Å². The third-order valence-electron chi connectivity index (χ3n) is 3.37. The molecule has 3 heteroatoms. The van der Waals surface area contributed by atoms with Crippen molar-refractivity contribution in [3.05, 3.63) is 0 Å². The minimum absolute atomic E-state index is 0.191. The first-order chi connectivity index (χ1) is 6.81. The number of nitrogens with one attached hydrogen (secondary N) is 1. The Morgan fingerprint density at radius 3 is 2.47 bits per heavy atom. The quantitative estimate of drug-likeness (QED) is 0.747. The molecule has 0 aliphatic heterocycles. The third-order valence-corrected chi connectivity index (χ3v) is 3.37. The van der Waals surface area contributed by atoms with E-state index >= 15 is 0 Å². The molecule has 0 saturated heterocycles. The van der Waals surface area contributed by atoms with E-state index in [1.165, 1.54) is 6.42 Å². The zero-order valence-corrected chi connectivity index (χ0v) is 10.4. The lowest BCUT2D eigenvalue weighted by atomic mass is 9.64. The highest BCUT2D eigenvalue weighted by molar-refractivity contribution is 5.85. The Labute approximate surface area is 92.8 Å². The van der Waals surface area contributed by atoms with Crippen LogP contribution in [0.2, 0.25) is 0 Å². The molecule has 1 aliphatic rings. The largest absolute Gasteiger partial charge is 0.368 e. The fourth-order valence-electron chi connectivity index (χ4n) is 3.32. The molecular formula is C12H24N2O. The van der Waals surface area contributed by atoms with Crippen molar-refractivity contribution in [3.8, 4) is 0 Å². The minimum atomic E-state index is -0.476. The molecule has 1 aliphatic carbocycles. The molecule has 1 rings (SSSR count). The Morgan fingerprint density at radius 1 is 1.47 bits per heavy atom. The molecule has 0 bridgehead atoms. The number of nitrogens with two attached hydrogens (primary N) is 1. The van der Waals surface area contributed by atoms with Gasteiger partial charge in [-0.05, 0) is 37.1 Å². The number of amides is 1. The van der Waals surface area contributed by atoms with Crippen LogP contribution in [0.4, 0.5) is 0 Å². The summed E-state index contributed by atoms with van der Waals surface area (Å²) in [6, 6.07) is 0. The number of hydrogen-bond donors (Lipinski definition) is 2. The molecule has 88 valence electrons. The lowest BCUT2D eigenvalue weighted by Crippen LogP contribution is -2.60. The number of primary amides is 1. The summed E-state index contributed by atoms with van der Waals surface area (Å²) < 4.78 is 0. The molecule has 2 unspecified atom stereocenters. The van der Waals surface area contributed by atoms with Crippen molar-refractivity contribution in [3.63, 3.8) is 0 Å². The van der Waals surface area contributed by atoms with Gasteiger partial charge in [0.15, 0.2) is 0 Å². The van der Waals surface area contributed by atoms with Gasteiger partial charge in [-0.25, -0.2) is 0 Å². The zero-order valence-electron chi connectivity index (χ0n) is 10.4.